The molecule has 7 heteroatoms. The topological polar surface area (TPSA) is 68.0 Å². The third kappa shape index (κ3) is 2.94. The molecule has 7 nitrogen and oxygen atoms in total. The summed E-state index contributed by atoms with van der Waals surface area (Å²) in [5, 5.41) is 7.41. The van der Waals surface area contributed by atoms with Crippen molar-refractivity contribution in [1.82, 2.24) is 24.6 Å². The number of benzene rings is 1. The Labute approximate surface area is 152 Å². The predicted molar refractivity (Wildman–Crippen MR) is 101 cm³/mol. The van der Waals surface area contributed by atoms with Crippen molar-refractivity contribution in [2.75, 3.05) is 18.0 Å². The van der Waals surface area contributed by atoms with Gasteiger partial charge >= 0.3 is 0 Å². The Morgan fingerprint density at radius 2 is 2.08 bits per heavy atom. The lowest BCUT2D eigenvalue weighted by Crippen LogP contribution is -2.48. The Morgan fingerprint density at radius 1 is 1.27 bits per heavy atom. The SMILES string of the molecule is Cc1cc(C(=O)NC2CCCN(c3nc4ccccc4n3C)C2)nn1C. The van der Waals surface area contributed by atoms with Crippen molar-refractivity contribution in [2.24, 2.45) is 14.1 Å². The molecular weight excluding hydrogens is 328 g/mol. The number of rotatable bonds is 3. The highest BCUT2D eigenvalue weighted by Crippen LogP contribution is 2.24. The first-order valence-corrected chi connectivity index (χ1v) is 9.01. The van der Waals surface area contributed by atoms with Gasteiger partial charge in [0.2, 0.25) is 5.95 Å². The summed E-state index contributed by atoms with van der Waals surface area (Å²) >= 11 is 0. The van der Waals surface area contributed by atoms with Crippen molar-refractivity contribution in [3.8, 4) is 0 Å². The lowest BCUT2D eigenvalue weighted by Gasteiger charge is -2.33. The van der Waals surface area contributed by atoms with Gasteiger partial charge in [-0.05, 0) is 38.0 Å². The van der Waals surface area contributed by atoms with Crippen LogP contribution in [0.1, 0.15) is 29.0 Å². The number of amides is 1. The van der Waals surface area contributed by atoms with Crippen LogP contribution in [0.2, 0.25) is 0 Å². The van der Waals surface area contributed by atoms with Gasteiger partial charge in [-0.2, -0.15) is 5.10 Å². The maximum atomic E-state index is 12.5. The molecule has 1 amide bonds. The van der Waals surface area contributed by atoms with Crippen LogP contribution in [0.3, 0.4) is 0 Å². The standard InChI is InChI=1S/C19H24N6O/c1-13-11-16(22-24(13)3)18(26)20-14-7-6-10-25(12-14)19-21-15-8-4-5-9-17(15)23(19)2/h4-5,8-9,11,14H,6-7,10,12H2,1-3H3,(H,20,26). The molecule has 0 bridgehead atoms. The fraction of sp³-hybridized carbons (Fsp3) is 0.421. The number of hydrogen-bond donors (Lipinski definition) is 1. The molecule has 1 atom stereocenters. The number of nitrogens with zero attached hydrogens (tertiary/aromatic N) is 5. The maximum absolute atomic E-state index is 12.5. The van der Waals surface area contributed by atoms with Gasteiger partial charge in [0.15, 0.2) is 0 Å². The molecule has 1 aliphatic heterocycles. The van der Waals surface area contributed by atoms with Crippen molar-refractivity contribution in [3.63, 3.8) is 0 Å². The molecule has 1 unspecified atom stereocenters. The fourth-order valence-corrected chi connectivity index (χ4v) is 3.62. The van der Waals surface area contributed by atoms with E-state index >= 15 is 0 Å². The number of piperidine rings is 1. The summed E-state index contributed by atoms with van der Waals surface area (Å²) in [4.78, 5) is 19.5. The molecule has 3 aromatic rings. The van der Waals surface area contributed by atoms with Gasteiger partial charge in [0, 0.05) is 38.9 Å². The summed E-state index contributed by atoms with van der Waals surface area (Å²) in [5.74, 6) is 0.851. The zero-order valence-electron chi connectivity index (χ0n) is 15.4. The second-order valence-corrected chi connectivity index (χ2v) is 7.01. The van der Waals surface area contributed by atoms with E-state index in [4.69, 9.17) is 4.98 Å². The summed E-state index contributed by atoms with van der Waals surface area (Å²) in [7, 11) is 3.89. The third-order valence-corrected chi connectivity index (χ3v) is 5.15. The smallest absolute Gasteiger partial charge is 0.272 e. The van der Waals surface area contributed by atoms with E-state index in [1.807, 2.05) is 45.3 Å². The summed E-state index contributed by atoms with van der Waals surface area (Å²) in [6, 6.07) is 10.1. The van der Waals surface area contributed by atoms with E-state index in [0.717, 1.165) is 48.6 Å². The van der Waals surface area contributed by atoms with Crippen LogP contribution in [-0.2, 0) is 14.1 Å². The number of para-hydroxylation sites is 2. The van der Waals surface area contributed by atoms with Crippen LogP contribution in [0, 0.1) is 6.92 Å². The molecule has 3 heterocycles. The predicted octanol–water partition coefficient (Wildman–Crippen LogP) is 2.01. The Morgan fingerprint density at radius 3 is 2.81 bits per heavy atom. The molecule has 0 aliphatic carbocycles. The minimum absolute atomic E-state index is 0.0957. The number of nitrogens with one attached hydrogen (secondary N) is 1. The normalized spacial score (nSPS) is 17.7. The van der Waals surface area contributed by atoms with Gasteiger partial charge in [0.1, 0.15) is 5.69 Å². The number of imidazole rings is 1. The van der Waals surface area contributed by atoms with Gasteiger partial charge in [-0.1, -0.05) is 12.1 Å². The monoisotopic (exact) mass is 352 g/mol. The maximum Gasteiger partial charge on any atom is 0.272 e. The van der Waals surface area contributed by atoms with Crippen LogP contribution in [0.5, 0.6) is 0 Å². The summed E-state index contributed by atoms with van der Waals surface area (Å²) in [6.45, 7) is 3.65. The molecule has 0 spiro atoms. The number of aromatic nitrogens is 4. The van der Waals surface area contributed by atoms with E-state index < -0.39 is 0 Å². The van der Waals surface area contributed by atoms with E-state index in [1.54, 1.807) is 4.68 Å². The Bertz CT molecular complexity index is 937. The Balaban J connectivity index is 1.50. The number of aryl methyl sites for hydroxylation is 3. The van der Waals surface area contributed by atoms with Crippen molar-refractivity contribution >= 4 is 22.9 Å². The number of hydrogen-bond acceptors (Lipinski definition) is 4. The lowest BCUT2D eigenvalue weighted by atomic mass is 10.1. The minimum atomic E-state index is -0.106. The van der Waals surface area contributed by atoms with Crippen molar-refractivity contribution in [3.05, 3.63) is 41.7 Å². The average Bonchev–Trinajstić information content (AvgIpc) is 3.16. The zero-order valence-corrected chi connectivity index (χ0v) is 15.4. The van der Waals surface area contributed by atoms with Gasteiger partial charge in [0.05, 0.1) is 11.0 Å². The van der Waals surface area contributed by atoms with E-state index in [-0.39, 0.29) is 11.9 Å². The lowest BCUT2D eigenvalue weighted by molar-refractivity contribution is 0.0927. The molecule has 0 saturated carbocycles. The second kappa shape index (κ2) is 6.48. The van der Waals surface area contributed by atoms with E-state index in [9.17, 15) is 4.79 Å². The molecule has 1 aliphatic rings. The minimum Gasteiger partial charge on any atom is -0.346 e. The van der Waals surface area contributed by atoms with Crippen LogP contribution < -0.4 is 10.2 Å². The summed E-state index contributed by atoms with van der Waals surface area (Å²) in [6.07, 6.45) is 1.99. The largest absolute Gasteiger partial charge is 0.346 e. The van der Waals surface area contributed by atoms with Gasteiger partial charge in [-0.3, -0.25) is 9.48 Å². The van der Waals surface area contributed by atoms with Gasteiger partial charge in [-0.25, -0.2) is 4.98 Å². The highest BCUT2D eigenvalue weighted by Gasteiger charge is 2.25. The highest BCUT2D eigenvalue weighted by atomic mass is 16.2. The van der Waals surface area contributed by atoms with Crippen LogP contribution in [0.4, 0.5) is 5.95 Å². The number of anilines is 1. The molecule has 26 heavy (non-hydrogen) atoms. The molecule has 4 rings (SSSR count). The quantitative estimate of drug-likeness (QED) is 0.783. The molecule has 0 radical (unpaired) electrons. The molecular formula is C19H24N6O. The van der Waals surface area contributed by atoms with E-state index in [2.05, 4.69) is 25.9 Å². The van der Waals surface area contributed by atoms with Gasteiger partial charge < -0.3 is 14.8 Å². The Kier molecular flexibility index (Phi) is 4.14. The first kappa shape index (κ1) is 16.6. The van der Waals surface area contributed by atoms with Crippen LogP contribution in [0.25, 0.3) is 11.0 Å². The van der Waals surface area contributed by atoms with E-state index in [1.165, 1.54) is 0 Å². The van der Waals surface area contributed by atoms with Gasteiger partial charge in [0.25, 0.3) is 5.91 Å². The van der Waals surface area contributed by atoms with E-state index in [0.29, 0.717) is 5.69 Å². The molecule has 1 saturated heterocycles. The summed E-state index contributed by atoms with van der Waals surface area (Å²) in [5.41, 5.74) is 3.57. The van der Waals surface area contributed by atoms with Crippen LogP contribution in [0.15, 0.2) is 30.3 Å². The highest BCUT2D eigenvalue weighted by molar-refractivity contribution is 5.92. The van der Waals surface area contributed by atoms with Crippen LogP contribution in [-0.4, -0.2) is 44.4 Å². The fourth-order valence-electron chi connectivity index (χ4n) is 3.62. The van der Waals surface area contributed by atoms with Gasteiger partial charge in [-0.15, -0.1) is 0 Å². The molecule has 1 fully saturated rings. The molecule has 136 valence electrons. The third-order valence-electron chi connectivity index (χ3n) is 5.15. The number of carbonyl (C=O) groups excluding carboxylic acids is 1. The molecule has 1 N–H and O–H groups in total. The number of fused-ring (bicyclic) bond motifs is 1. The average molecular weight is 352 g/mol. The van der Waals surface area contributed by atoms with Crippen molar-refractivity contribution < 1.29 is 4.79 Å². The van der Waals surface area contributed by atoms with Crippen molar-refractivity contribution in [1.29, 1.82) is 0 Å². The molecule has 2 aromatic heterocycles. The Hall–Kier alpha value is -2.83. The molecule has 1 aromatic carbocycles. The zero-order chi connectivity index (χ0) is 18.3. The first-order valence-electron chi connectivity index (χ1n) is 9.01. The van der Waals surface area contributed by atoms with Crippen molar-refractivity contribution in [2.45, 2.75) is 25.8 Å². The van der Waals surface area contributed by atoms with Crippen LogP contribution >= 0.6 is 0 Å². The second-order valence-electron chi connectivity index (χ2n) is 7.01. The first-order chi connectivity index (χ1) is 12.5. The summed E-state index contributed by atoms with van der Waals surface area (Å²) < 4.78 is 3.85. The number of carbonyl (C=O) groups is 1.